The molecule has 29 heavy (non-hydrogen) atoms. The van der Waals surface area contributed by atoms with Crippen molar-refractivity contribution in [3.05, 3.63) is 0 Å². The zero-order chi connectivity index (χ0) is 22.9. The van der Waals surface area contributed by atoms with Gasteiger partial charge in [0.15, 0.2) is 0 Å². The molecule has 0 aromatic carbocycles. The van der Waals surface area contributed by atoms with Crippen LogP contribution in [0.3, 0.4) is 0 Å². The Labute approximate surface area is 172 Å². The van der Waals surface area contributed by atoms with E-state index in [1.54, 1.807) is 0 Å². The van der Waals surface area contributed by atoms with Crippen molar-refractivity contribution in [3.8, 4) is 0 Å². The van der Waals surface area contributed by atoms with Gasteiger partial charge in [-0.25, -0.2) is 4.79 Å². The van der Waals surface area contributed by atoms with E-state index in [9.17, 15) is 34.2 Å². The summed E-state index contributed by atoms with van der Waals surface area (Å²) in [5.74, 6) is -5.50. The molecule has 0 aliphatic heterocycles. The summed E-state index contributed by atoms with van der Waals surface area (Å²) < 4.78 is 0. The monoisotopic (exact) mass is 437 g/mol. The van der Waals surface area contributed by atoms with E-state index in [0.717, 1.165) is 0 Å². The van der Waals surface area contributed by atoms with Crippen molar-refractivity contribution in [1.29, 1.82) is 0 Å². The third-order valence-corrected chi connectivity index (χ3v) is 4.05. The number of carboxylic acid groups (broad SMARTS) is 1. The maximum atomic E-state index is 12.4. The molecule has 10 N–H and O–H groups in total. The average Bonchev–Trinajstić information content (AvgIpc) is 2.59. The average molecular weight is 437 g/mol. The maximum absolute atomic E-state index is 12.4. The lowest BCUT2D eigenvalue weighted by molar-refractivity contribution is -0.142. The summed E-state index contributed by atoms with van der Waals surface area (Å²) in [7, 11) is 0. The van der Waals surface area contributed by atoms with Crippen molar-refractivity contribution in [2.75, 3.05) is 5.75 Å². The van der Waals surface area contributed by atoms with Crippen LogP contribution in [0.1, 0.15) is 20.3 Å². The zero-order valence-electron chi connectivity index (χ0n) is 15.9. The molecule has 0 bridgehead atoms. The highest BCUT2D eigenvalue weighted by atomic mass is 32.1. The van der Waals surface area contributed by atoms with E-state index in [4.69, 9.17) is 16.6 Å². The molecule has 0 saturated carbocycles. The van der Waals surface area contributed by atoms with Crippen molar-refractivity contribution in [1.82, 2.24) is 16.0 Å². The molecule has 0 aliphatic rings. The lowest BCUT2D eigenvalue weighted by Gasteiger charge is -2.27. The first-order valence-electron chi connectivity index (χ1n) is 8.46. The lowest BCUT2D eigenvalue weighted by atomic mass is 10.1. The molecule has 0 radical (unpaired) electrons. The van der Waals surface area contributed by atoms with Crippen LogP contribution in [0.15, 0.2) is 0 Å². The van der Waals surface area contributed by atoms with Gasteiger partial charge in [0.2, 0.25) is 23.6 Å². The Morgan fingerprint density at radius 1 is 0.897 bits per heavy atom. The van der Waals surface area contributed by atoms with Crippen molar-refractivity contribution < 1.29 is 39.3 Å². The number of amides is 4. The van der Waals surface area contributed by atoms with Crippen molar-refractivity contribution in [3.63, 3.8) is 0 Å². The van der Waals surface area contributed by atoms with Gasteiger partial charge in [0.25, 0.3) is 0 Å². The van der Waals surface area contributed by atoms with Gasteiger partial charge in [-0.05, 0) is 13.8 Å². The summed E-state index contributed by atoms with van der Waals surface area (Å²) in [5.41, 5.74) is 10.4. The van der Waals surface area contributed by atoms with Gasteiger partial charge >= 0.3 is 5.97 Å². The van der Waals surface area contributed by atoms with Crippen LogP contribution in [-0.4, -0.2) is 87.0 Å². The third kappa shape index (κ3) is 9.08. The molecule has 0 rings (SSSR count). The molecule has 0 fully saturated rings. The van der Waals surface area contributed by atoms with E-state index in [1.165, 1.54) is 13.8 Å². The third-order valence-electron chi connectivity index (χ3n) is 3.68. The van der Waals surface area contributed by atoms with E-state index < -0.39 is 72.4 Å². The molecular formula is C15H27N5O8S. The molecular weight excluding hydrogens is 410 g/mol. The van der Waals surface area contributed by atoms with Crippen molar-refractivity contribution in [2.24, 2.45) is 11.5 Å². The second kappa shape index (κ2) is 12.2. The Morgan fingerprint density at radius 2 is 1.31 bits per heavy atom. The fraction of sp³-hybridized carbons (Fsp3) is 0.667. The number of nitrogens with two attached hydrogens (primary N) is 2. The molecule has 0 heterocycles. The number of aliphatic hydroxyl groups is 2. The summed E-state index contributed by atoms with van der Waals surface area (Å²) in [5, 5.41) is 34.9. The van der Waals surface area contributed by atoms with Crippen LogP contribution in [0, 0.1) is 0 Å². The van der Waals surface area contributed by atoms with Crippen LogP contribution < -0.4 is 27.4 Å². The Kier molecular flexibility index (Phi) is 11.2. The highest BCUT2D eigenvalue weighted by Crippen LogP contribution is 2.01. The van der Waals surface area contributed by atoms with Gasteiger partial charge < -0.3 is 42.7 Å². The summed E-state index contributed by atoms with van der Waals surface area (Å²) >= 11 is 3.79. The Bertz CT molecular complexity index is 630. The normalized spacial score (nSPS) is 17.0. The Hall–Kier alpha value is -2.42. The van der Waals surface area contributed by atoms with Crippen LogP contribution in [0.4, 0.5) is 0 Å². The van der Waals surface area contributed by atoms with E-state index in [2.05, 4.69) is 28.6 Å². The summed E-state index contributed by atoms with van der Waals surface area (Å²) in [6, 6.07) is -5.93. The van der Waals surface area contributed by atoms with Crippen LogP contribution >= 0.6 is 12.6 Å². The fourth-order valence-corrected chi connectivity index (χ4v) is 2.32. The molecule has 6 atom stereocenters. The molecule has 0 aromatic heterocycles. The number of nitrogens with one attached hydrogen (secondary N) is 3. The second-order valence-corrected chi connectivity index (χ2v) is 6.68. The summed E-state index contributed by atoms with van der Waals surface area (Å²) in [6.07, 6.45) is -3.39. The largest absolute Gasteiger partial charge is 0.480 e. The van der Waals surface area contributed by atoms with Gasteiger partial charge in [0.1, 0.15) is 18.1 Å². The predicted octanol–water partition coefficient (Wildman–Crippen LogP) is -4.58. The van der Waals surface area contributed by atoms with Gasteiger partial charge in [-0.15, -0.1) is 0 Å². The van der Waals surface area contributed by atoms with Gasteiger partial charge in [0.05, 0.1) is 24.7 Å². The standard InChI is InChI=1S/C15H27N5O8S/c1-5(21)10(13(25)18-8(4-29)15(27)28)20-14(26)11(6(2)22)19-12(24)7(16)3-9(17)23/h5-8,10-11,21-22,29H,3-4,16H2,1-2H3,(H2,17,23)(H,18,25)(H,19,24)(H,20,26)(H,27,28). The van der Waals surface area contributed by atoms with E-state index >= 15 is 0 Å². The number of primary amides is 1. The molecule has 166 valence electrons. The van der Waals surface area contributed by atoms with Crippen LogP contribution in [0.25, 0.3) is 0 Å². The Morgan fingerprint density at radius 3 is 1.66 bits per heavy atom. The number of carbonyl (C=O) groups is 5. The zero-order valence-corrected chi connectivity index (χ0v) is 16.8. The molecule has 6 unspecified atom stereocenters. The molecule has 0 spiro atoms. The maximum Gasteiger partial charge on any atom is 0.327 e. The minimum atomic E-state index is -1.60. The van der Waals surface area contributed by atoms with E-state index in [1.807, 2.05) is 0 Å². The first-order chi connectivity index (χ1) is 13.3. The molecule has 0 saturated heterocycles. The quantitative estimate of drug-likeness (QED) is 0.133. The first kappa shape index (κ1) is 26.6. The van der Waals surface area contributed by atoms with Crippen LogP contribution in [-0.2, 0) is 24.0 Å². The minimum Gasteiger partial charge on any atom is -0.480 e. The van der Waals surface area contributed by atoms with Gasteiger partial charge in [-0.3, -0.25) is 19.2 Å². The number of thiol groups is 1. The Balaban J connectivity index is 5.28. The first-order valence-corrected chi connectivity index (χ1v) is 9.09. The minimum absolute atomic E-state index is 0.244. The smallest absolute Gasteiger partial charge is 0.327 e. The predicted molar refractivity (Wildman–Crippen MR) is 102 cm³/mol. The SMILES string of the molecule is CC(O)C(NC(=O)C(N)CC(N)=O)C(=O)NC(C(=O)NC(CS)C(=O)O)C(C)O. The number of hydrogen-bond acceptors (Lipinski definition) is 9. The number of aliphatic carboxylic acids is 1. The van der Waals surface area contributed by atoms with E-state index in [0.29, 0.717) is 0 Å². The molecule has 0 aliphatic carbocycles. The number of aliphatic hydroxyl groups excluding tert-OH is 2. The topological polar surface area (TPSA) is 234 Å². The number of rotatable bonds is 12. The van der Waals surface area contributed by atoms with Crippen molar-refractivity contribution >= 4 is 42.2 Å². The lowest BCUT2D eigenvalue weighted by Crippen LogP contribution is -2.62. The van der Waals surface area contributed by atoms with Crippen LogP contribution in [0.2, 0.25) is 0 Å². The van der Waals surface area contributed by atoms with Gasteiger partial charge in [-0.1, -0.05) is 0 Å². The summed E-state index contributed by atoms with van der Waals surface area (Å²) in [6.45, 7) is 2.34. The van der Waals surface area contributed by atoms with Crippen LogP contribution in [0.5, 0.6) is 0 Å². The fourth-order valence-electron chi connectivity index (χ4n) is 2.07. The number of carbonyl (C=O) groups excluding carboxylic acids is 4. The molecule has 13 nitrogen and oxygen atoms in total. The van der Waals surface area contributed by atoms with Crippen molar-refractivity contribution in [2.45, 2.75) is 56.6 Å². The van der Waals surface area contributed by atoms with E-state index in [-0.39, 0.29) is 5.75 Å². The molecule has 0 aromatic rings. The molecule has 4 amide bonds. The highest BCUT2D eigenvalue weighted by molar-refractivity contribution is 7.80. The highest BCUT2D eigenvalue weighted by Gasteiger charge is 2.34. The number of carboxylic acids is 1. The van der Waals surface area contributed by atoms with Gasteiger partial charge in [0, 0.05) is 5.75 Å². The second-order valence-electron chi connectivity index (χ2n) is 6.31. The van der Waals surface area contributed by atoms with Gasteiger partial charge in [-0.2, -0.15) is 12.6 Å². The summed E-state index contributed by atoms with van der Waals surface area (Å²) in [4.78, 5) is 58.5. The molecule has 14 heteroatoms. The number of hydrogen-bond donors (Lipinski definition) is 9.